The van der Waals surface area contributed by atoms with Gasteiger partial charge < -0.3 is 14.3 Å². The van der Waals surface area contributed by atoms with Gasteiger partial charge in [0.2, 0.25) is 0 Å². The first kappa shape index (κ1) is 20.2. The van der Waals surface area contributed by atoms with E-state index in [2.05, 4.69) is 30.2 Å². The van der Waals surface area contributed by atoms with Gasteiger partial charge in [-0.1, -0.05) is 43.5 Å². The van der Waals surface area contributed by atoms with E-state index in [0.29, 0.717) is 30.1 Å². The molecule has 140 valence electrons. The van der Waals surface area contributed by atoms with Crippen molar-refractivity contribution in [1.29, 1.82) is 0 Å². The molecule has 4 heteroatoms. The second-order valence-corrected chi connectivity index (χ2v) is 6.73. The Hall–Kier alpha value is -2.14. The van der Waals surface area contributed by atoms with Crippen molar-refractivity contribution in [3.8, 4) is 0 Å². The molecule has 0 bridgehead atoms. The van der Waals surface area contributed by atoms with Gasteiger partial charge in [-0.2, -0.15) is 0 Å². The molecule has 0 aliphatic carbocycles. The maximum atomic E-state index is 10.9. The second kappa shape index (κ2) is 8.99. The van der Waals surface area contributed by atoms with Crippen LogP contribution >= 0.6 is 0 Å². The normalized spacial score (nSPS) is 11.7. The van der Waals surface area contributed by atoms with Crippen molar-refractivity contribution in [3.63, 3.8) is 0 Å². The molecule has 2 rings (SSSR count). The molecule has 0 saturated heterocycles. The monoisotopic (exact) mass is 355 g/mol. The molecular weight excluding hydrogens is 326 g/mol. The van der Waals surface area contributed by atoms with Crippen molar-refractivity contribution in [3.05, 3.63) is 83.9 Å². The summed E-state index contributed by atoms with van der Waals surface area (Å²) in [5.41, 5.74) is 1.07. The third-order valence-corrected chi connectivity index (χ3v) is 4.49. The van der Waals surface area contributed by atoms with Gasteiger partial charge in [0.15, 0.2) is 5.60 Å². The third-order valence-electron chi connectivity index (χ3n) is 4.49. The number of hydrogen-bond donors (Lipinski definition) is 1. The minimum absolute atomic E-state index is 0.457. The van der Waals surface area contributed by atoms with Crippen molar-refractivity contribution in [2.24, 2.45) is 0 Å². The molecule has 0 unspecified atom stereocenters. The van der Waals surface area contributed by atoms with Crippen molar-refractivity contribution < 1.29 is 14.3 Å². The lowest BCUT2D eigenvalue weighted by atomic mass is 9.87. The van der Waals surface area contributed by atoms with Gasteiger partial charge >= 0.3 is 0 Å². The molecule has 0 aliphatic rings. The summed E-state index contributed by atoms with van der Waals surface area (Å²) in [6, 6.07) is 14.0. The molecule has 0 atom stereocenters. The van der Waals surface area contributed by atoms with Gasteiger partial charge in [-0.15, -0.1) is 0 Å². The van der Waals surface area contributed by atoms with E-state index in [1.165, 1.54) is 5.56 Å². The Kier molecular flexibility index (Phi) is 6.98. The Morgan fingerprint density at radius 3 is 2.31 bits per heavy atom. The zero-order valence-electron chi connectivity index (χ0n) is 16.0. The number of rotatable bonds is 10. The zero-order valence-corrected chi connectivity index (χ0v) is 16.0. The fraction of sp³-hybridized carbons (Fsp3) is 0.364. The number of benzene rings is 1. The molecule has 0 fully saturated rings. The largest absolute Gasteiger partial charge is 0.461 e. The molecule has 0 saturated carbocycles. The van der Waals surface area contributed by atoms with Crippen LogP contribution in [0.2, 0.25) is 0 Å². The predicted octanol–water partition coefficient (Wildman–Crippen LogP) is 4.27. The van der Waals surface area contributed by atoms with Crippen LogP contribution in [0.3, 0.4) is 0 Å². The lowest BCUT2D eigenvalue weighted by Crippen LogP contribution is -2.28. The average Bonchev–Trinajstić information content (AvgIpc) is 3.08. The number of ether oxygens (including phenoxy) is 1. The topological polar surface area (TPSA) is 45.8 Å². The number of aliphatic hydroxyl groups is 1. The number of methoxy groups -OCH3 is 1. The minimum Gasteiger partial charge on any atom is -0.461 e. The molecule has 1 aromatic heterocycles. The van der Waals surface area contributed by atoms with E-state index < -0.39 is 5.60 Å². The van der Waals surface area contributed by atoms with Crippen LogP contribution in [0, 0.1) is 0 Å². The first-order valence-electron chi connectivity index (χ1n) is 8.76. The number of hydrogen-bond acceptors (Lipinski definition) is 4. The summed E-state index contributed by atoms with van der Waals surface area (Å²) in [5.74, 6) is 1.24. The Labute approximate surface area is 156 Å². The van der Waals surface area contributed by atoms with Crippen LogP contribution in [-0.4, -0.2) is 30.3 Å². The quantitative estimate of drug-likeness (QED) is 0.647. The SMILES string of the molecule is C=C(C)C(O)(C(=C)C)c1ccc(CN(CCOC)Cc2ccccc2)o1. The van der Waals surface area contributed by atoms with Crippen LogP contribution in [0.1, 0.15) is 30.9 Å². The highest BCUT2D eigenvalue weighted by Crippen LogP contribution is 2.35. The summed E-state index contributed by atoms with van der Waals surface area (Å²) < 4.78 is 11.2. The summed E-state index contributed by atoms with van der Waals surface area (Å²) in [4.78, 5) is 2.25. The molecule has 0 amide bonds. The first-order valence-corrected chi connectivity index (χ1v) is 8.76. The maximum Gasteiger partial charge on any atom is 0.163 e. The van der Waals surface area contributed by atoms with E-state index >= 15 is 0 Å². The van der Waals surface area contributed by atoms with Gasteiger partial charge in [-0.3, -0.25) is 4.90 Å². The molecular formula is C22H29NO3. The molecule has 26 heavy (non-hydrogen) atoms. The molecule has 1 heterocycles. The maximum absolute atomic E-state index is 10.9. The van der Waals surface area contributed by atoms with Gasteiger partial charge in [-0.25, -0.2) is 0 Å². The minimum atomic E-state index is -1.34. The highest BCUT2D eigenvalue weighted by atomic mass is 16.5. The van der Waals surface area contributed by atoms with Crippen molar-refractivity contribution in [2.45, 2.75) is 32.5 Å². The van der Waals surface area contributed by atoms with E-state index in [1.54, 1.807) is 27.0 Å². The lowest BCUT2D eigenvalue weighted by molar-refractivity contribution is 0.0863. The van der Waals surface area contributed by atoms with Gasteiger partial charge in [0.05, 0.1) is 13.2 Å². The molecule has 2 aromatic rings. The number of furan rings is 1. The van der Waals surface area contributed by atoms with Crippen LogP contribution in [0.4, 0.5) is 0 Å². The van der Waals surface area contributed by atoms with Crippen molar-refractivity contribution in [2.75, 3.05) is 20.3 Å². The van der Waals surface area contributed by atoms with Gasteiger partial charge in [0, 0.05) is 20.2 Å². The van der Waals surface area contributed by atoms with E-state index in [4.69, 9.17) is 9.15 Å². The van der Waals surface area contributed by atoms with E-state index in [9.17, 15) is 5.11 Å². The van der Waals surface area contributed by atoms with E-state index in [-0.39, 0.29) is 0 Å². The Morgan fingerprint density at radius 2 is 1.73 bits per heavy atom. The Bertz CT molecular complexity index is 719. The molecule has 0 aliphatic heterocycles. The van der Waals surface area contributed by atoms with Gasteiger partial charge in [0.1, 0.15) is 11.5 Å². The molecule has 4 nitrogen and oxygen atoms in total. The fourth-order valence-corrected chi connectivity index (χ4v) is 2.94. The van der Waals surface area contributed by atoms with Gasteiger partial charge in [0.25, 0.3) is 0 Å². The Balaban J connectivity index is 2.17. The smallest absolute Gasteiger partial charge is 0.163 e. The predicted molar refractivity (Wildman–Crippen MR) is 105 cm³/mol. The molecule has 0 spiro atoms. The summed E-state index contributed by atoms with van der Waals surface area (Å²) in [6.07, 6.45) is 0. The zero-order chi connectivity index (χ0) is 19.2. The first-order chi connectivity index (χ1) is 12.4. The van der Waals surface area contributed by atoms with Crippen molar-refractivity contribution >= 4 is 0 Å². The van der Waals surface area contributed by atoms with E-state index in [1.807, 2.05) is 24.3 Å². The Morgan fingerprint density at radius 1 is 1.08 bits per heavy atom. The summed E-state index contributed by atoms with van der Waals surface area (Å²) in [7, 11) is 1.70. The summed E-state index contributed by atoms with van der Waals surface area (Å²) in [6.45, 7) is 14.2. The van der Waals surface area contributed by atoms with Crippen LogP contribution in [-0.2, 0) is 23.4 Å². The van der Waals surface area contributed by atoms with Crippen LogP contribution in [0.5, 0.6) is 0 Å². The third kappa shape index (κ3) is 4.73. The van der Waals surface area contributed by atoms with Crippen LogP contribution in [0.25, 0.3) is 0 Å². The molecule has 1 N–H and O–H groups in total. The lowest BCUT2D eigenvalue weighted by Gasteiger charge is -2.27. The van der Waals surface area contributed by atoms with Crippen LogP contribution in [0.15, 0.2) is 71.2 Å². The standard InChI is InChI=1S/C22H29NO3/c1-17(2)22(24,18(3)4)21-12-11-20(26-21)16-23(13-14-25-5)15-19-9-7-6-8-10-19/h6-12,24H,1,3,13-16H2,2,4-5H3. The summed E-state index contributed by atoms with van der Waals surface area (Å²) in [5, 5.41) is 10.9. The molecule has 1 aromatic carbocycles. The van der Waals surface area contributed by atoms with Crippen molar-refractivity contribution in [1.82, 2.24) is 4.90 Å². The van der Waals surface area contributed by atoms with Gasteiger partial charge in [-0.05, 0) is 42.7 Å². The average molecular weight is 355 g/mol. The molecule has 0 radical (unpaired) electrons. The number of nitrogens with zero attached hydrogens (tertiary/aromatic N) is 1. The van der Waals surface area contributed by atoms with E-state index in [0.717, 1.165) is 18.8 Å². The highest BCUT2D eigenvalue weighted by Gasteiger charge is 2.34. The second-order valence-electron chi connectivity index (χ2n) is 6.73. The highest BCUT2D eigenvalue weighted by molar-refractivity contribution is 5.35. The summed E-state index contributed by atoms with van der Waals surface area (Å²) >= 11 is 0. The fourth-order valence-electron chi connectivity index (χ4n) is 2.94. The van der Waals surface area contributed by atoms with Crippen LogP contribution < -0.4 is 0 Å².